The number of nitrogens with zero attached hydrogens (tertiary/aromatic N) is 1. The van der Waals surface area contributed by atoms with E-state index in [0.717, 1.165) is 11.4 Å². The van der Waals surface area contributed by atoms with E-state index in [-0.39, 0.29) is 11.5 Å². The van der Waals surface area contributed by atoms with Crippen LogP contribution in [0, 0.1) is 0 Å². The first-order chi connectivity index (χ1) is 12.1. The van der Waals surface area contributed by atoms with Crippen LogP contribution in [0.25, 0.3) is 6.08 Å². The van der Waals surface area contributed by atoms with Crippen molar-refractivity contribution in [1.29, 1.82) is 0 Å². The van der Waals surface area contributed by atoms with Gasteiger partial charge in [0.15, 0.2) is 5.76 Å². The molecule has 0 bridgehead atoms. The number of hydrogen-bond acceptors (Lipinski definition) is 5. The van der Waals surface area contributed by atoms with Gasteiger partial charge in [-0.2, -0.15) is 0 Å². The molecule has 5 heteroatoms. The molecule has 2 aliphatic heterocycles. The zero-order valence-corrected chi connectivity index (χ0v) is 15.0. The van der Waals surface area contributed by atoms with E-state index >= 15 is 0 Å². The van der Waals surface area contributed by atoms with Gasteiger partial charge in [-0.3, -0.25) is 9.69 Å². The standard InChI is InChI=1S/C20H21NO3S/c1-13-5-2-3-9-21(13)12-16-17(22)8-7-15-19(23)18(24-20(15)16)11-14-6-4-10-25-14/h4,6-8,10-11,13,22H,2-3,5,9,12H2,1H3/t13-/m1/s1. The van der Waals surface area contributed by atoms with Crippen LogP contribution in [0.4, 0.5) is 0 Å². The van der Waals surface area contributed by atoms with Crippen LogP contribution in [0.15, 0.2) is 35.4 Å². The van der Waals surface area contributed by atoms with E-state index in [1.54, 1.807) is 29.5 Å². The molecular weight excluding hydrogens is 334 g/mol. The normalized spacial score (nSPS) is 22.2. The molecule has 4 nitrogen and oxygen atoms in total. The van der Waals surface area contributed by atoms with E-state index in [9.17, 15) is 9.90 Å². The average Bonchev–Trinajstić information content (AvgIpc) is 3.21. The zero-order chi connectivity index (χ0) is 17.4. The van der Waals surface area contributed by atoms with Crippen molar-refractivity contribution in [3.8, 4) is 11.5 Å². The summed E-state index contributed by atoms with van der Waals surface area (Å²) in [6.07, 6.45) is 5.36. The number of aromatic hydroxyl groups is 1. The Kier molecular flexibility index (Phi) is 4.36. The van der Waals surface area contributed by atoms with Crippen LogP contribution >= 0.6 is 11.3 Å². The van der Waals surface area contributed by atoms with Gasteiger partial charge in [0.25, 0.3) is 0 Å². The summed E-state index contributed by atoms with van der Waals surface area (Å²) < 4.78 is 5.91. The third-order valence-corrected chi connectivity index (χ3v) is 5.85. The summed E-state index contributed by atoms with van der Waals surface area (Å²) in [5.74, 6) is 0.930. The van der Waals surface area contributed by atoms with Crippen LogP contribution in [0.2, 0.25) is 0 Å². The Balaban J connectivity index is 1.67. The molecule has 3 heterocycles. The number of piperidine rings is 1. The largest absolute Gasteiger partial charge is 0.507 e. The molecule has 1 atom stereocenters. The minimum atomic E-state index is -0.114. The highest BCUT2D eigenvalue weighted by Crippen LogP contribution is 2.40. The maximum Gasteiger partial charge on any atom is 0.232 e. The molecule has 0 radical (unpaired) electrons. The van der Waals surface area contributed by atoms with Gasteiger partial charge in [0, 0.05) is 23.5 Å². The first-order valence-electron chi connectivity index (χ1n) is 8.70. The summed E-state index contributed by atoms with van der Waals surface area (Å²) in [7, 11) is 0. The van der Waals surface area contributed by atoms with E-state index in [4.69, 9.17) is 4.74 Å². The van der Waals surface area contributed by atoms with Gasteiger partial charge < -0.3 is 9.84 Å². The fourth-order valence-corrected chi connectivity index (χ4v) is 4.19. The maximum absolute atomic E-state index is 12.7. The molecule has 1 saturated heterocycles. The topological polar surface area (TPSA) is 49.8 Å². The number of thiophene rings is 1. The number of benzene rings is 1. The van der Waals surface area contributed by atoms with Crippen molar-refractivity contribution in [1.82, 2.24) is 4.90 Å². The summed E-state index contributed by atoms with van der Waals surface area (Å²) in [5.41, 5.74) is 1.26. The van der Waals surface area contributed by atoms with Crippen LogP contribution in [-0.4, -0.2) is 28.4 Å². The molecule has 2 aromatic rings. The van der Waals surface area contributed by atoms with E-state index < -0.39 is 0 Å². The Morgan fingerprint density at radius 1 is 1.36 bits per heavy atom. The molecule has 0 aliphatic carbocycles. The molecule has 2 aliphatic rings. The van der Waals surface area contributed by atoms with Gasteiger partial charge in [0.2, 0.25) is 5.78 Å². The number of carbonyl (C=O) groups is 1. The number of carbonyl (C=O) groups excluding carboxylic acids is 1. The Bertz CT molecular complexity index is 826. The van der Waals surface area contributed by atoms with Crippen LogP contribution in [0.5, 0.6) is 11.5 Å². The molecule has 1 N–H and O–H groups in total. The molecule has 0 spiro atoms. The molecule has 4 rings (SSSR count). The second kappa shape index (κ2) is 6.65. The predicted molar refractivity (Wildman–Crippen MR) is 99.1 cm³/mol. The van der Waals surface area contributed by atoms with E-state index in [2.05, 4.69) is 11.8 Å². The number of fused-ring (bicyclic) bond motifs is 1. The van der Waals surface area contributed by atoms with E-state index in [1.165, 1.54) is 19.3 Å². The van der Waals surface area contributed by atoms with Crippen molar-refractivity contribution in [2.24, 2.45) is 0 Å². The van der Waals surface area contributed by atoms with Gasteiger partial charge in [-0.1, -0.05) is 12.5 Å². The molecule has 1 fully saturated rings. The van der Waals surface area contributed by atoms with E-state index in [0.29, 0.717) is 35.2 Å². The summed E-state index contributed by atoms with van der Waals surface area (Å²) in [5, 5.41) is 12.4. The van der Waals surface area contributed by atoms with Gasteiger partial charge in [-0.25, -0.2) is 0 Å². The maximum atomic E-state index is 12.7. The number of ether oxygens (including phenoxy) is 1. The average molecular weight is 355 g/mol. The van der Waals surface area contributed by atoms with E-state index in [1.807, 2.05) is 17.5 Å². The predicted octanol–water partition coefficient (Wildman–Crippen LogP) is 4.44. The zero-order valence-electron chi connectivity index (χ0n) is 14.2. The van der Waals surface area contributed by atoms with Gasteiger partial charge in [0.05, 0.1) is 11.1 Å². The smallest absolute Gasteiger partial charge is 0.232 e. The minimum absolute atomic E-state index is 0.114. The molecule has 130 valence electrons. The molecule has 25 heavy (non-hydrogen) atoms. The number of rotatable bonds is 3. The van der Waals surface area contributed by atoms with Gasteiger partial charge in [-0.15, -0.1) is 11.3 Å². The van der Waals surface area contributed by atoms with Crippen LogP contribution in [0.3, 0.4) is 0 Å². The van der Waals surface area contributed by atoms with Gasteiger partial charge >= 0.3 is 0 Å². The molecule has 0 unspecified atom stereocenters. The molecular formula is C20H21NO3S. The molecule has 0 saturated carbocycles. The lowest BCUT2D eigenvalue weighted by atomic mass is 10.0. The van der Waals surface area contributed by atoms with Crippen molar-refractivity contribution in [3.05, 3.63) is 51.4 Å². The second-order valence-corrected chi connectivity index (χ2v) is 7.69. The highest BCUT2D eigenvalue weighted by molar-refractivity contribution is 7.10. The molecule has 0 amide bonds. The Labute approximate surface area is 151 Å². The summed E-state index contributed by atoms with van der Waals surface area (Å²) in [4.78, 5) is 16.0. The molecule has 1 aromatic carbocycles. The molecule has 1 aromatic heterocycles. The Morgan fingerprint density at radius 2 is 2.24 bits per heavy atom. The van der Waals surface area contributed by atoms with Crippen LogP contribution < -0.4 is 4.74 Å². The number of ketones is 1. The SMILES string of the molecule is C[C@@H]1CCCCN1Cc1c(O)ccc2c1OC(=Cc1cccs1)C2=O. The lowest BCUT2D eigenvalue weighted by Gasteiger charge is -2.33. The lowest BCUT2D eigenvalue weighted by Crippen LogP contribution is -2.36. The highest BCUT2D eigenvalue weighted by Gasteiger charge is 2.32. The summed E-state index contributed by atoms with van der Waals surface area (Å²) in [6.45, 7) is 3.83. The van der Waals surface area contributed by atoms with Crippen molar-refractivity contribution in [3.63, 3.8) is 0 Å². The first-order valence-corrected chi connectivity index (χ1v) is 9.58. The van der Waals surface area contributed by atoms with Crippen molar-refractivity contribution >= 4 is 23.2 Å². The van der Waals surface area contributed by atoms with Gasteiger partial charge in [-0.05, 0) is 49.9 Å². The third kappa shape index (κ3) is 3.10. The van der Waals surface area contributed by atoms with Crippen LogP contribution in [0.1, 0.15) is 47.0 Å². The second-order valence-electron chi connectivity index (χ2n) is 6.71. The number of likely N-dealkylation sites (tertiary alicyclic amines) is 1. The summed E-state index contributed by atoms with van der Waals surface area (Å²) >= 11 is 1.56. The Morgan fingerprint density at radius 3 is 3.00 bits per heavy atom. The minimum Gasteiger partial charge on any atom is -0.507 e. The van der Waals surface area contributed by atoms with Crippen molar-refractivity contribution < 1.29 is 14.6 Å². The number of phenolic OH excluding ortho intramolecular Hbond substituents is 1. The van der Waals surface area contributed by atoms with Crippen LogP contribution in [-0.2, 0) is 6.54 Å². The van der Waals surface area contributed by atoms with Crippen molar-refractivity contribution in [2.75, 3.05) is 6.54 Å². The number of allylic oxidation sites excluding steroid dienone is 1. The third-order valence-electron chi connectivity index (χ3n) is 5.03. The fraction of sp³-hybridized carbons (Fsp3) is 0.350. The monoisotopic (exact) mass is 355 g/mol. The van der Waals surface area contributed by atoms with Gasteiger partial charge in [0.1, 0.15) is 11.5 Å². The summed E-state index contributed by atoms with van der Waals surface area (Å²) in [6, 6.07) is 7.63. The fourth-order valence-electron chi connectivity index (χ4n) is 3.55. The number of hydrogen-bond donors (Lipinski definition) is 1. The quantitative estimate of drug-likeness (QED) is 0.827. The number of Topliss-reactive ketones (excluding diaryl/α,β-unsaturated/α-hetero) is 1. The Hall–Kier alpha value is -2.11. The highest BCUT2D eigenvalue weighted by atomic mass is 32.1. The van der Waals surface area contributed by atoms with Crippen molar-refractivity contribution in [2.45, 2.75) is 38.8 Å². The lowest BCUT2D eigenvalue weighted by molar-refractivity contribution is 0.101. The first kappa shape index (κ1) is 16.4. The number of phenols is 1.